The van der Waals surface area contributed by atoms with Crippen LogP contribution in [0.25, 0.3) is 22.3 Å². The van der Waals surface area contributed by atoms with Gasteiger partial charge in [0, 0.05) is 25.4 Å². The Morgan fingerprint density at radius 3 is 0.907 bits per heavy atom. The molecule has 4 aromatic carbocycles. The van der Waals surface area contributed by atoms with Crippen molar-refractivity contribution in [1.29, 1.82) is 0 Å². The van der Waals surface area contributed by atoms with Crippen LogP contribution < -0.4 is 9.47 Å². The number of hydrogen-bond donors (Lipinski definition) is 0. The number of rotatable bonds is 6. The van der Waals surface area contributed by atoms with E-state index < -0.39 is 12.7 Å². The van der Waals surface area contributed by atoms with Gasteiger partial charge in [0.05, 0.1) is 14.3 Å². The summed E-state index contributed by atoms with van der Waals surface area (Å²) in [7, 11) is 0. The number of hydrogen-bond acceptors (Lipinski definition) is 2. The summed E-state index contributed by atoms with van der Waals surface area (Å²) in [6.07, 6.45) is -8.90. The molecule has 0 bridgehead atoms. The maximum Gasteiger partial charge on any atom is 0.573 e. The van der Waals surface area contributed by atoms with E-state index in [0.717, 1.165) is 47.7 Å². The molecule has 0 aliphatic carbocycles. The topological polar surface area (TPSA) is 18.5 Å². The van der Waals surface area contributed by atoms with E-state index in [9.17, 15) is 26.3 Å². The van der Waals surface area contributed by atoms with Crippen molar-refractivity contribution in [2.75, 3.05) is 0 Å². The summed E-state index contributed by atoms with van der Waals surface area (Å²) in [5, 5.41) is 0. The van der Waals surface area contributed by atoms with Crippen molar-refractivity contribution in [3.05, 3.63) is 88.2 Å². The molecule has 0 unspecified atom stereocenters. The second-order valence-electron chi connectivity index (χ2n) is 8.68. The van der Waals surface area contributed by atoms with Crippen LogP contribution in [0.3, 0.4) is 0 Å². The Morgan fingerprint density at radius 2 is 0.674 bits per heavy atom. The van der Waals surface area contributed by atoms with E-state index in [2.05, 4.69) is 124 Å². The lowest BCUT2D eigenvalue weighted by molar-refractivity contribution is -0.276. The standard InChI is InChI=1S/C27H10F6I8O2/c28-26(29,30)42-24-18(38)6-12(7-19(24)39)22-14(34)2-10(3-15(22)35)1-11-4-16(36)23(17(37)5-11)13-8-20(40)25(21(41)9-13)43-27(31,32)33/h2-9H,1H2. The molecule has 0 spiro atoms. The monoisotopic (exact) mass is 1500 g/mol. The summed E-state index contributed by atoms with van der Waals surface area (Å²) in [6, 6.07) is 15.0. The van der Waals surface area contributed by atoms with E-state index in [1.807, 2.05) is 90.4 Å². The van der Waals surface area contributed by atoms with Gasteiger partial charge in [-0.05, 0) is 258 Å². The fourth-order valence-electron chi connectivity index (χ4n) is 4.08. The van der Waals surface area contributed by atoms with Crippen LogP contribution in [0.1, 0.15) is 11.1 Å². The quantitative estimate of drug-likeness (QED) is 0.141. The summed E-state index contributed by atoms with van der Waals surface area (Å²) >= 11 is 16.4. The van der Waals surface area contributed by atoms with Crippen LogP contribution in [-0.2, 0) is 6.42 Å². The molecule has 0 aliphatic heterocycles. The van der Waals surface area contributed by atoms with Crippen molar-refractivity contribution in [3.8, 4) is 33.8 Å². The van der Waals surface area contributed by atoms with Crippen molar-refractivity contribution in [3.63, 3.8) is 0 Å². The second-order valence-corrected chi connectivity index (χ2v) is 18.0. The van der Waals surface area contributed by atoms with Crippen molar-refractivity contribution in [2.45, 2.75) is 19.1 Å². The molecule has 228 valence electrons. The van der Waals surface area contributed by atoms with E-state index >= 15 is 0 Å². The van der Waals surface area contributed by atoms with Crippen LogP contribution in [0.5, 0.6) is 11.5 Å². The highest BCUT2D eigenvalue weighted by Gasteiger charge is 2.34. The van der Waals surface area contributed by atoms with Gasteiger partial charge in [-0.3, -0.25) is 0 Å². The molecule has 0 saturated carbocycles. The van der Waals surface area contributed by atoms with Crippen LogP contribution in [0.4, 0.5) is 26.3 Å². The molecule has 0 N–H and O–H groups in total. The third kappa shape index (κ3) is 9.98. The molecule has 0 saturated heterocycles. The molecule has 2 nitrogen and oxygen atoms in total. The fourth-order valence-corrected chi connectivity index (χ4v) is 13.1. The van der Waals surface area contributed by atoms with Crippen molar-refractivity contribution in [2.24, 2.45) is 0 Å². The molecule has 0 fully saturated rings. The zero-order valence-electron chi connectivity index (χ0n) is 20.4. The first-order valence-electron chi connectivity index (χ1n) is 11.3. The molecule has 4 aromatic rings. The number of halogens is 14. The lowest BCUT2D eigenvalue weighted by Crippen LogP contribution is -2.18. The van der Waals surface area contributed by atoms with Gasteiger partial charge < -0.3 is 9.47 Å². The molecule has 0 atom stereocenters. The van der Waals surface area contributed by atoms with Gasteiger partial charge in [0.2, 0.25) is 0 Å². The molecule has 4 rings (SSSR count). The van der Waals surface area contributed by atoms with E-state index in [-0.39, 0.29) is 11.5 Å². The first-order chi connectivity index (χ1) is 19.8. The summed E-state index contributed by atoms with van der Waals surface area (Å²) in [4.78, 5) is 0. The lowest BCUT2D eigenvalue weighted by Gasteiger charge is -2.17. The summed E-state index contributed by atoms with van der Waals surface area (Å²) in [5.74, 6) is -0.413. The molecule has 43 heavy (non-hydrogen) atoms. The zero-order chi connectivity index (χ0) is 32.0. The molecule has 0 aromatic heterocycles. The maximum atomic E-state index is 12.9. The fraction of sp³-hybridized carbons (Fsp3) is 0.111. The minimum Gasteiger partial charge on any atom is -0.404 e. The average molecular weight is 1500 g/mol. The first kappa shape index (κ1) is 37.7. The highest BCUT2D eigenvalue weighted by atomic mass is 127. The van der Waals surface area contributed by atoms with E-state index in [1.54, 1.807) is 24.3 Å². The highest BCUT2D eigenvalue weighted by Crippen LogP contribution is 2.41. The Labute approximate surface area is 351 Å². The molecular weight excluding hydrogens is 1490 g/mol. The van der Waals surface area contributed by atoms with Gasteiger partial charge in [-0.15, -0.1) is 26.3 Å². The van der Waals surface area contributed by atoms with Gasteiger partial charge in [0.1, 0.15) is 0 Å². The normalized spacial score (nSPS) is 12.0. The van der Waals surface area contributed by atoms with Crippen LogP contribution >= 0.6 is 181 Å². The summed E-state index contributed by atoms with van der Waals surface area (Å²) < 4.78 is 90.9. The van der Waals surface area contributed by atoms with E-state index in [4.69, 9.17) is 0 Å². The van der Waals surface area contributed by atoms with Crippen molar-refractivity contribution < 1.29 is 35.8 Å². The zero-order valence-corrected chi connectivity index (χ0v) is 37.7. The third-order valence-electron chi connectivity index (χ3n) is 5.62. The van der Waals surface area contributed by atoms with E-state index in [1.165, 1.54) is 0 Å². The van der Waals surface area contributed by atoms with E-state index in [0.29, 0.717) is 20.7 Å². The number of alkyl halides is 6. The van der Waals surface area contributed by atoms with Gasteiger partial charge in [-0.2, -0.15) is 0 Å². The molecule has 16 heteroatoms. The number of ether oxygens (including phenoxy) is 2. The van der Waals surface area contributed by atoms with Gasteiger partial charge >= 0.3 is 12.7 Å². The van der Waals surface area contributed by atoms with Gasteiger partial charge in [-0.25, -0.2) is 0 Å². The molecule has 0 amide bonds. The Morgan fingerprint density at radius 1 is 0.419 bits per heavy atom. The predicted octanol–water partition coefficient (Wildman–Crippen LogP) is 13.2. The van der Waals surface area contributed by atoms with Gasteiger partial charge in [0.15, 0.2) is 11.5 Å². The summed E-state index contributed by atoms with van der Waals surface area (Å²) in [6.45, 7) is 0. The smallest absolute Gasteiger partial charge is 0.404 e. The Kier molecular flexibility index (Phi) is 13.3. The average Bonchev–Trinajstić information content (AvgIpc) is 2.82. The molecule has 0 radical (unpaired) electrons. The highest BCUT2D eigenvalue weighted by molar-refractivity contribution is 14.1. The molecule has 0 aliphatic rings. The lowest BCUT2D eigenvalue weighted by atomic mass is 9.98. The Balaban J connectivity index is 1.64. The maximum absolute atomic E-state index is 12.9. The van der Waals surface area contributed by atoms with Crippen LogP contribution in [0.15, 0.2) is 48.5 Å². The Bertz CT molecular complexity index is 1510. The summed E-state index contributed by atoms with van der Waals surface area (Å²) in [5.41, 5.74) is 5.59. The van der Waals surface area contributed by atoms with Crippen molar-refractivity contribution >= 4 is 181 Å². The second kappa shape index (κ2) is 15.2. The minimum atomic E-state index is -4.77. The third-order valence-corrected chi connectivity index (χ3v) is 12.2. The minimum absolute atomic E-state index is 0.207. The SMILES string of the molecule is FC(F)(F)Oc1c(I)cc(-c2c(I)cc(Cc3cc(I)c(-c4cc(I)c(OC(F)(F)F)c(I)c4)c(I)c3)cc2I)cc1I. The predicted molar refractivity (Wildman–Crippen MR) is 222 cm³/mol. The molecular formula is C27H10F6I8O2. The van der Waals surface area contributed by atoms with Crippen LogP contribution in [-0.4, -0.2) is 12.7 Å². The number of benzene rings is 4. The Hall–Kier alpha value is 1.90. The first-order valence-corrected chi connectivity index (χ1v) is 19.9. The van der Waals surface area contributed by atoms with Gasteiger partial charge in [0.25, 0.3) is 0 Å². The largest absolute Gasteiger partial charge is 0.573 e. The van der Waals surface area contributed by atoms with Crippen LogP contribution in [0.2, 0.25) is 0 Å². The van der Waals surface area contributed by atoms with Crippen LogP contribution in [0, 0.1) is 28.6 Å². The van der Waals surface area contributed by atoms with Crippen molar-refractivity contribution in [1.82, 2.24) is 0 Å². The van der Waals surface area contributed by atoms with Gasteiger partial charge in [-0.1, -0.05) is 0 Å². The molecule has 0 heterocycles.